The van der Waals surface area contributed by atoms with Crippen molar-refractivity contribution >= 4 is 28.9 Å². The molecule has 2 aromatic carbocycles. The molecule has 0 unspecified atom stereocenters. The predicted molar refractivity (Wildman–Crippen MR) is 73.4 cm³/mol. The smallest absolute Gasteiger partial charge is 0.274 e. The largest absolute Gasteiger partial charge is 0.398 e. The monoisotopic (exact) mass is 279 g/mol. The van der Waals surface area contributed by atoms with Crippen molar-refractivity contribution in [3.8, 4) is 0 Å². The van der Waals surface area contributed by atoms with Crippen LogP contribution in [0.25, 0.3) is 0 Å². The molecule has 2 aromatic rings. The highest BCUT2D eigenvalue weighted by Crippen LogP contribution is 2.16. The quantitative estimate of drug-likeness (QED) is 0.598. The van der Waals surface area contributed by atoms with Crippen LogP contribution in [0.15, 0.2) is 42.5 Å². The van der Waals surface area contributed by atoms with Gasteiger partial charge in [-0.25, -0.2) is 4.39 Å². The van der Waals surface area contributed by atoms with Gasteiger partial charge in [0.2, 0.25) is 0 Å². The van der Waals surface area contributed by atoms with E-state index >= 15 is 0 Å². The Labute approximate surface area is 114 Å². The van der Waals surface area contributed by atoms with E-state index < -0.39 is 11.7 Å². The molecular formula is C13H11ClFN3O. The molecule has 4 nitrogen and oxygen atoms in total. The van der Waals surface area contributed by atoms with Gasteiger partial charge in [0.1, 0.15) is 5.82 Å². The molecule has 0 aliphatic rings. The third-order valence-corrected chi connectivity index (χ3v) is 2.65. The first-order valence-electron chi connectivity index (χ1n) is 5.44. The summed E-state index contributed by atoms with van der Waals surface area (Å²) >= 11 is 5.79. The summed E-state index contributed by atoms with van der Waals surface area (Å²) in [5.41, 5.74) is 11.0. The van der Waals surface area contributed by atoms with Crippen LogP contribution in [0.1, 0.15) is 10.4 Å². The van der Waals surface area contributed by atoms with Crippen molar-refractivity contribution in [1.82, 2.24) is 5.43 Å². The number of rotatable bonds is 3. The van der Waals surface area contributed by atoms with Crippen LogP contribution >= 0.6 is 11.6 Å². The van der Waals surface area contributed by atoms with Crippen LogP contribution in [0.5, 0.6) is 0 Å². The molecule has 0 spiro atoms. The number of carbonyl (C=O) groups excluding carboxylic acids is 1. The summed E-state index contributed by atoms with van der Waals surface area (Å²) in [5, 5.41) is 0.518. The average molecular weight is 280 g/mol. The first-order chi connectivity index (χ1) is 9.08. The molecule has 4 N–H and O–H groups in total. The SMILES string of the molecule is Nc1cccc(F)c1C(=O)NNc1cccc(Cl)c1. The van der Waals surface area contributed by atoms with Crippen molar-refractivity contribution in [3.05, 3.63) is 58.9 Å². The van der Waals surface area contributed by atoms with Crippen LogP contribution in [-0.4, -0.2) is 5.91 Å². The van der Waals surface area contributed by atoms with Gasteiger partial charge in [0, 0.05) is 10.7 Å². The normalized spacial score (nSPS) is 10.0. The minimum Gasteiger partial charge on any atom is -0.398 e. The van der Waals surface area contributed by atoms with E-state index in [1.165, 1.54) is 18.2 Å². The molecule has 0 heterocycles. The number of anilines is 2. The minimum absolute atomic E-state index is 0.0744. The Balaban J connectivity index is 2.10. The summed E-state index contributed by atoms with van der Waals surface area (Å²) in [6, 6.07) is 10.8. The zero-order valence-corrected chi connectivity index (χ0v) is 10.5. The lowest BCUT2D eigenvalue weighted by atomic mass is 10.1. The molecule has 0 saturated carbocycles. The summed E-state index contributed by atoms with van der Waals surface area (Å²) < 4.78 is 13.5. The Kier molecular flexibility index (Phi) is 3.87. The van der Waals surface area contributed by atoms with Crippen molar-refractivity contribution in [1.29, 1.82) is 0 Å². The molecule has 0 aromatic heterocycles. The Morgan fingerprint density at radius 3 is 2.63 bits per heavy atom. The van der Waals surface area contributed by atoms with Gasteiger partial charge in [-0.1, -0.05) is 23.7 Å². The zero-order valence-electron chi connectivity index (χ0n) is 9.78. The van der Waals surface area contributed by atoms with Gasteiger partial charge in [-0.2, -0.15) is 0 Å². The molecule has 0 aliphatic carbocycles. The Morgan fingerprint density at radius 1 is 1.21 bits per heavy atom. The second-order valence-electron chi connectivity index (χ2n) is 3.79. The lowest BCUT2D eigenvalue weighted by Gasteiger charge is -2.10. The summed E-state index contributed by atoms with van der Waals surface area (Å²) in [4.78, 5) is 11.8. The van der Waals surface area contributed by atoms with E-state index in [0.29, 0.717) is 10.7 Å². The highest BCUT2D eigenvalue weighted by atomic mass is 35.5. The number of benzene rings is 2. The molecule has 0 atom stereocenters. The van der Waals surface area contributed by atoms with E-state index in [4.69, 9.17) is 17.3 Å². The summed E-state index contributed by atoms with van der Waals surface area (Å²) in [5.74, 6) is -1.33. The lowest BCUT2D eigenvalue weighted by Crippen LogP contribution is -2.30. The van der Waals surface area contributed by atoms with E-state index in [9.17, 15) is 9.18 Å². The first-order valence-corrected chi connectivity index (χ1v) is 5.81. The molecule has 19 heavy (non-hydrogen) atoms. The fourth-order valence-corrected chi connectivity index (χ4v) is 1.73. The third-order valence-electron chi connectivity index (χ3n) is 2.42. The number of carbonyl (C=O) groups is 1. The van der Waals surface area contributed by atoms with Gasteiger partial charge < -0.3 is 5.73 Å². The summed E-state index contributed by atoms with van der Waals surface area (Å²) in [6.07, 6.45) is 0. The number of nitrogens with two attached hydrogens (primary N) is 1. The molecule has 0 radical (unpaired) electrons. The maximum atomic E-state index is 13.5. The fourth-order valence-electron chi connectivity index (χ4n) is 1.54. The van der Waals surface area contributed by atoms with Crippen LogP contribution in [0.3, 0.4) is 0 Å². The number of halogens is 2. The highest BCUT2D eigenvalue weighted by molar-refractivity contribution is 6.30. The predicted octanol–water partition coefficient (Wildman–Crippen LogP) is 2.82. The van der Waals surface area contributed by atoms with E-state index in [1.54, 1.807) is 24.3 Å². The third kappa shape index (κ3) is 3.14. The van der Waals surface area contributed by atoms with Gasteiger partial charge in [-0.15, -0.1) is 0 Å². The topological polar surface area (TPSA) is 67.2 Å². The van der Waals surface area contributed by atoms with E-state index in [1.807, 2.05) is 0 Å². The van der Waals surface area contributed by atoms with E-state index in [0.717, 1.165) is 0 Å². The number of nitrogen functional groups attached to an aromatic ring is 1. The summed E-state index contributed by atoms with van der Waals surface area (Å²) in [6.45, 7) is 0. The van der Waals surface area contributed by atoms with Crippen molar-refractivity contribution < 1.29 is 9.18 Å². The van der Waals surface area contributed by atoms with Crippen molar-refractivity contribution in [2.45, 2.75) is 0 Å². The Morgan fingerprint density at radius 2 is 1.95 bits per heavy atom. The van der Waals surface area contributed by atoms with Crippen molar-refractivity contribution in [2.75, 3.05) is 11.2 Å². The number of nitrogens with one attached hydrogen (secondary N) is 2. The molecule has 0 bridgehead atoms. The lowest BCUT2D eigenvalue weighted by molar-refractivity contribution is 0.0959. The number of hydrogen-bond acceptors (Lipinski definition) is 3. The molecule has 0 saturated heterocycles. The highest BCUT2D eigenvalue weighted by Gasteiger charge is 2.14. The number of hydrazine groups is 1. The van der Waals surface area contributed by atoms with Crippen molar-refractivity contribution in [3.63, 3.8) is 0 Å². The first kappa shape index (κ1) is 13.2. The molecule has 98 valence electrons. The van der Waals surface area contributed by atoms with Crippen LogP contribution in [0.2, 0.25) is 5.02 Å². The van der Waals surface area contributed by atoms with Crippen molar-refractivity contribution in [2.24, 2.45) is 0 Å². The number of amides is 1. The zero-order chi connectivity index (χ0) is 13.8. The average Bonchev–Trinajstić information content (AvgIpc) is 2.36. The summed E-state index contributed by atoms with van der Waals surface area (Å²) in [7, 11) is 0. The maximum absolute atomic E-state index is 13.5. The molecule has 1 amide bonds. The second kappa shape index (κ2) is 5.58. The number of hydrogen-bond donors (Lipinski definition) is 3. The molecular weight excluding hydrogens is 269 g/mol. The van der Waals surface area contributed by atoms with Gasteiger partial charge >= 0.3 is 0 Å². The van der Waals surface area contributed by atoms with Gasteiger partial charge in [0.05, 0.1) is 11.3 Å². The van der Waals surface area contributed by atoms with Crippen LogP contribution in [0.4, 0.5) is 15.8 Å². The van der Waals surface area contributed by atoms with Gasteiger partial charge in [0.15, 0.2) is 0 Å². The van der Waals surface area contributed by atoms with Crippen LogP contribution in [-0.2, 0) is 0 Å². The van der Waals surface area contributed by atoms with E-state index in [2.05, 4.69) is 10.9 Å². The Hall–Kier alpha value is -2.27. The van der Waals surface area contributed by atoms with E-state index in [-0.39, 0.29) is 11.3 Å². The molecule has 0 fully saturated rings. The van der Waals surface area contributed by atoms with Gasteiger partial charge in [0.25, 0.3) is 5.91 Å². The van der Waals surface area contributed by atoms with Gasteiger partial charge in [-0.3, -0.25) is 15.6 Å². The fraction of sp³-hybridized carbons (Fsp3) is 0. The van der Waals surface area contributed by atoms with Crippen LogP contribution < -0.4 is 16.6 Å². The van der Waals surface area contributed by atoms with Crippen LogP contribution in [0, 0.1) is 5.82 Å². The molecule has 2 rings (SSSR count). The minimum atomic E-state index is -0.676. The molecule has 6 heteroatoms. The maximum Gasteiger partial charge on any atom is 0.274 e. The van der Waals surface area contributed by atoms with Gasteiger partial charge in [-0.05, 0) is 30.3 Å². The second-order valence-corrected chi connectivity index (χ2v) is 4.23. The Bertz CT molecular complexity index is 598. The molecule has 0 aliphatic heterocycles. The standard InChI is InChI=1S/C13H11ClFN3O/c14-8-3-1-4-9(7-8)17-18-13(19)12-10(15)5-2-6-11(12)16/h1-7,17H,16H2,(H,18,19).